The zero-order valence-electron chi connectivity index (χ0n) is 10.7. The molecule has 18 heavy (non-hydrogen) atoms. The molecular weight excluding hydrogens is 222 g/mol. The van der Waals surface area contributed by atoms with Gasteiger partial charge in [-0.25, -0.2) is 0 Å². The summed E-state index contributed by atoms with van der Waals surface area (Å²) in [6, 6.07) is 10.8. The summed E-state index contributed by atoms with van der Waals surface area (Å²) in [6.07, 6.45) is 4.51. The molecule has 0 unspecified atom stereocenters. The van der Waals surface area contributed by atoms with Gasteiger partial charge in [0.15, 0.2) is 0 Å². The molecule has 0 aliphatic heterocycles. The number of rotatable bonds is 5. The molecule has 1 fully saturated rings. The number of H-pyrrole nitrogens is 1. The summed E-state index contributed by atoms with van der Waals surface area (Å²) < 4.78 is 0. The maximum absolute atomic E-state index is 4.05. The first-order chi connectivity index (χ1) is 8.80. The van der Waals surface area contributed by atoms with E-state index in [-0.39, 0.29) is 0 Å². The van der Waals surface area contributed by atoms with Crippen molar-refractivity contribution < 1.29 is 0 Å². The molecule has 0 atom stereocenters. The van der Waals surface area contributed by atoms with Crippen molar-refractivity contribution in [2.75, 3.05) is 6.54 Å². The molecule has 2 aromatic rings. The summed E-state index contributed by atoms with van der Waals surface area (Å²) >= 11 is 0. The second kappa shape index (κ2) is 4.58. The zero-order valence-corrected chi connectivity index (χ0v) is 10.7. The average molecular weight is 241 g/mol. The monoisotopic (exact) mass is 241 g/mol. The van der Waals surface area contributed by atoms with E-state index in [1.54, 1.807) is 0 Å². The first-order valence-corrected chi connectivity index (χ1v) is 6.55. The lowest BCUT2D eigenvalue weighted by molar-refractivity contribution is 0.573. The van der Waals surface area contributed by atoms with Crippen molar-refractivity contribution in [1.82, 2.24) is 15.5 Å². The Kier molecular flexibility index (Phi) is 2.92. The molecule has 94 valence electrons. The molecule has 0 saturated heterocycles. The first kappa shape index (κ1) is 11.5. The Labute approximate surface area is 108 Å². The summed E-state index contributed by atoms with van der Waals surface area (Å²) in [5.41, 5.74) is 4.28. The molecule has 2 N–H and O–H groups in total. The number of aromatic amines is 1. The van der Waals surface area contributed by atoms with E-state index in [2.05, 4.69) is 52.8 Å². The van der Waals surface area contributed by atoms with Gasteiger partial charge in [0.25, 0.3) is 0 Å². The minimum absolute atomic E-state index is 0.388. The van der Waals surface area contributed by atoms with E-state index < -0.39 is 0 Å². The molecule has 3 heteroatoms. The number of hydrogen-bond donors (Lipinski definition) is 2. The van der Waals surface area contributed by atoms with Crippen molar-refractivity contribution in [3.8, 4) is 0 Å². The van der Waals surface area contributed by atoms with Crippen LogP contribution in [0.3, 0.4) is 0 Å². The van der Waals surface area contributed by atoms with Crippen molar-refractivity contribution >= 4 is 0 Å². The molecule has 1 aliphatic carbocycles. The number of nitrogens with one attached hydrogen (secondary N) is 2. The largest absolute Gasteiger partial charge is 0.312 e. The van der Waals surface area contributed by atoms with Gasteiger partial charge in [-0.3, -0.25) is 5.10 Å². The van der Waals surface area contributed by atoms with E-state index in [4.69, 9.17) is 0 Å². The van der Waals surface area contributed by atoms with Crippen LogP contribution in [-0.2, 0) is 12.0 Å². The van der Waals surface area contributed by atoms with E-state index in [1.165, 1.54) is 24.0 Å². The predicted molar refractivity (Wildman–Crippen MR) is 72.4 cm³/mol. The highest BCUT2D eigenvalue weighted by Crippen LogP contribution is 2.47. The minimum atomic E-state index is 0.388. The first-order valence-electron chi connectivity index (χ1n) is 6.55. The third-order valence-electron chi connectivity index (χ3n) is 3.95. The summed E-state index contributed by atoms with van der Waals surface area (Å²) in [4.78, 5) is 0. The Morgan fingerprint density at radius 2 is 2.06 bits per heavy atom. The van der Waals surface area contributed by atoms with Gasteiger partial charge in [-0.1, -0.05) is 30.3 Å². The molecule has 0 spiro atoms. The quantitative estimate of drug-likeness (QED) is 0.844. The van der Waals surface area contributed by atoms with Gasteiger partial charge in [0.2, 0.25) is 0 Å². The van der Waals surface area contributed by atoms with Gasteiger partial charge in [-0.15, -0.1) is 0 Å². The second-order valence-electron chi connectivity index (χ2n) is 5.27. The highest BCUT2D eigenvalue weighted by molar-refractivity contribution is 5.31. The Morgan fingerprint density at radius 3 is 2.67 bits per heavy atom. The van der Waals surface area contributed by atoms with Gasteiger partial charge in [0, 0.05) is 29.8 Å². The maximum atomic E-state index is 4.05. The van der Waals surface area contributed by atoms with E-state index >= 15 is 0 Å². The second-order valence-corrected chi connectivity index (χ2v) is 5.27. The third kappa shape index (κ3) is 2.18. The standard InChI is InChI=1S/C15H19N3/c1-12-13(10-17-18-12)9-16-11-15(7-8-15)14-5-3-2-4-6-14/h2-6,10,16H,7-9,11H2,1H3,(H,17,18). The normalized spacial score (nSPS) is 16.7. The van der Waals surface area contributed by atoms with Gasteiger partial charge >= 0.3 is 0 Å². The number of hydrogen-bond acceptors (Lipinski definition) is 2. The lowest BCUT2D eigenvalue weighted by Gasteiger charge is -2.16. The van der Waals surface area contributed by atoms with Crippen LogP contribution >= 0.6 is 0 Å². The van der Waals surface area contributed by atoms with E-state index in [9.17, 15) is 0 Å². The minimum Gasteiger partial charge on any atom is -0.312 e. The average Bonchev–Trinajstić information content (AvgIpc) is 3.09. The molecule has 3 rings (SSSR count). The van der Waals surface area contributed by atoms with Gasteiger partial charge in [-0.2, -0.15) is 5.10 Å². The zero-order chi connectivity index (χ0) is 12.4. The van der Waals surface area contributed by atoms with Gasteiger partial charge in [0.05, 0.1) is 6.20 Å². The third-order valence-corrected chi connectivity index (χ3v) is 3.95. The predicted octanol–water partition coefficient (Wildman–Crippen LogP) is 2.54. The number of aromatic nitrogens is 2. The van der Waals surface area contributed by atoms with Crippen molar-refractivity contribution in [3.63, 3.8) is 0 Å². The summed E-state index contributed by atoms with van der Waals surface area (Å²) in [7, 11) is 0. The van der Waals surface area contributed by atoms with Gasteiger partial charge < -0.3 is 5.32 Å². The topological polar surface area (TPSA) is 40.7 Å². The van der Waals surface area contributed by atoms with Crippen LogP contribution in [0.15, 0.2) is 36.5 Å². The Balaban J connectivity index is 1.59. The number of aryl methyl sites for hydroxylation is 1. The lowest BCUT2D eigenvalue weighted by atomic mass is 9.96. The fourth-order valence-corrected chi connectivity index (χ4v) is 2.50. The van der Waals surface area contributed by atoms with Crippen molar-refractivity contribution in [2.45, 2.75) is 31.7 Å². The molecular formula is C15H19N3. The Morgan fingerprint density at radius 1 is 1.28 bits per heavy atom. The van der Waals surface area contributed by atoms with Crippen LogP contribution in [0.1, 0.15) is 29.7 Å². The van der Waals surface area contributed by atoms with Crippen LogP contribution in [0.25, 0.3) is 0 Å². The van der Waals surface area contributed by atoms with E-state index in [0.717, 1.165) is 18.8 Å². The van der Waals surface area contributed by atoms with Crippen LogP contribution in [0.2, 0.25) is 0 Å². The summed E-state index contributed by atoms with van der Waals surface area (Å²) in [6.45, 7) is 4.02. The summed E-state index contributed by atoms with van der Waals surface area (Å²) in [5, 5.41) is 10.6. The summed E-state index contributed by atoms with van der Waals surface area (Å²) in [5.74, 6) is 0. The van der Waals surface area contributed by atoms with Crippen LogP contribution in [0.4, 0.5) is 0 Å². The number of nitrogens with zero attached hydrogens (tertiary/aromatic N) is 1. The van der Waals surface area contributed by atoms with Crippen molar-refractivity contribution in [2.24, 2.45) is 0 Å². The fraction of sp³-hybridized carbons (Fsp3) is 0.400. The van der Waals surface area contributed by atoms with Gasteiger partial charge in [0.1, 0.15) is 0 Å². The van der Waals surface area contributed by atoms with Crippen LogP contribution in [0.5, 0.6) is 0 Å². The van der Waals surface area contributed by atoms with Crippen LogP contribution in [-0.4, -0.2) is 16.7 Å². The highest BCUT2D eigenvalue weighted by Gasteiger charge is 2.43. The Bertz CT molecular complexity index is 512. The van der Waals surface area contributed by atoms with Crippen LogP contribution in [0, 0.1) is 6.92 Å². The fourth-order valence-electron chi connectivity index (χ4n) is 2.50. The molecule has 1 aromatic heterocycles. The van der Waals surface area contributed by atoms with E-state index in [1.807, 2.05) is 6.20 Å². The van der Waals surface area contributed by atoms with Crippen molar-refractivity contribution in [3.05, 3.63) is 53.3 Å². The molecule has 1 heterocycles. The molecule has 1 aliphatic rings. The van der Waals surface area contributed by atoms with Crippen molar-refractivity contribution in [1.29, 1.82) is 0 Å². The van der Waals surface area contributed by atoms with E-state index in [0.29, 0.717) is 5.41 Å². The molecule has 1 aromatic carbocycles. The van der Waals surface area contributed by atoms with Gasteiger partial charge in [-0.05, 0) is 25.3 Å². The smallest absolute Gasteiger partial charge is 0.0535 e. The van der Waals surface area contributed by atoms with Crippen LogP contribution < -0.4 is 5.32 Å². The maximum Gasteiger partial charge on any atom is 0.0535 e. The molecule has 0 bridgehead atoms. The number of benzene rings is 1. The SMILES string of the molecule is Cc1[nH]ncc1CNCC1(c2ccccc2)CC1. The molecule has 0 amide bonds. The molecule has 0 radical (unpaired) electrons. The lowest BCUT2D eigenvalue weighted by Crippen LogP contribution is -2.26. The molecule has 1 saturated carbocycles. The molecule has 3 nitrogen and oxygen atoms in total. The highest BCUT2D eigenvalue weighted by atomic mass is 15.1. The Hall–Kier alpha value is -1.61.